The first-order valence-corrected chi connectivity index (χ1v) is 3.89. The molecule has 0 aliphatic rings. The third-order valence-corrected chi connectivity index (χ3v) is 1.87. The van der Waals surface area contributed by atoms with Gasteiger partial charge in [0.15, 0.2) is 5.69 Å². The lowest BCUT2D eigenvalue weighted by Crippen LogP contribution is -2.70. The Morgan fingerprint density at radius 2 is 2.38 bits per heavy atom. The summed E-state index contributed by atoms with van der Waals surface area (Å²) in [7, 11) is 0. The Hall–Kier alpha value is -1.43. The van der Waals surface area contributed by atoms with Gasteiger partial charge >= 0.3 is 0 Å². The molecular formula is C8H9N3O2. The molecule has 1 aromatic heterocycles. The van der Waals surface area contributed by atoms with E-state index < -0.39 is 0 Å². The van der Waals surface area contributed by atoms with Crippen molar-refractivity contribution in [3.8, 4) is 0 Å². The number of nitrogens with zero attached hydrogens (tertiary/aromatic N) is 1. The number of hydrogen-bond acceptors (Lipinski definition) is 3. The van der Waals surface area contributed by atoms with Crippen LogP contribution in [0.25, 0.3) is 11.0 Å². The first kappa shape index (κ1) is 8.18. The Morgan fingerprint density at radius 1 is 1.54 bits per heavy atom. The van der Waals surface area contributed by atoms with Gasteiger partial charge in [0, 0.05) is 6.07 Å². The van der Waals surface area contributed by atoms with E-state index in [1.807, 2.05) is 6.07 Å². The number of benzene rings is 1. The number of aromatic amines is 1. The molecule has 4 N–H and O–H groups in total. The van der Waals surface area contributed by atoms with E-state index in [1.165, 1.54) is 0 Å². The molecule has 0 aliphatic carbocycles. The minimum Gasteiger partial charge on any atom is -0.630 e. The number of imidazole rings is 1. The fraction of sp³-hybridized carbons (Fsp3) is 0.125. The summed E-state index contributed by atoms with van der Waals surface area (Å²) in [6.07, 6.45) is 0. The van der Waals surface area contributed by atoms with Crippen molar-refractivity contribution in [1.29, 1.82) is 0 Å². The topological polar surface area (TPSA) is 88.6 Å². The van der Waals surface area contributed by atoms with Gasteiger partial charge in [0.2, 0.25) is 0 Å². The molecule has 5 heteroatoms. The number of nitrogens with two attached hydrogens (primary N) is 1. The molecule has 0 radical (unpaired) electrons. The highest BCUT2D eigenvalue weighted by Gasteiger charge is 2.06. The summed E-state index contributed by atoms with van der Waals surface area (Å²) in [6.45, 7) is -0.146. The third kappa shape index (κ3) is 1.29. The van der Waals surface area contributed by atoms with E-state index in [1.54, 1.807) is 12.1 Å². The Labute approximate surface area is 74.0 Å². The minimum atomic E-state index is -0.146. The van der Waals surface area contributed by atoms with E-state index in [2.05, 4.69) is 9.97 Å². The summed E-state index contributed by atoms with van der Waals surface area (Å²) in [5.74, 6) is 0.476. The van der Waals surface area contributed by atoms with Gasteiger partial charge in [0.05, 0.1) is 5.52 Å². The average Bonchev–Trinajstić information content (AvgIpc) is 2.59. The number of fused-ring (bicyclic) bond motifs is 1. The molecule has 2 aromatic rings. The maximum Gasteiger partial charge on any atom is 0.157 e. The van der Waals surface area contributed by atoms with Crippen LogP contribution in [0, 0.1) is 5.21 Å². The van der Waals surface area contributed by atoms with E-state index in [0.29, 0.717) is 17.0 Å². The maximum absolute atomic E-state index is 10.6. The van der Waals surface area contributed by atoms with Crippen LogP contribution in [0.3, 0.4) is 0 Å². The number of H-pyrrole nitrogens is 1. The summed E-state index contributed by atoms with van der Waals surface area (Å²) in [5.41, 5.74) is 2.67. The minimum absolute atomic E-state index is 0.146. The molecule has 0 unspecified atom stereocenters. The van der Waals surface area contributed by atoms with Gasteiger partial charge in [-0.3, -0.25) is 0 Å². The fourth-order valence-electron chi connectivity index (χ4n) is 1.28. The summed E-state index contributed by atoms with van der Waals surface area (Å²) < 4.78 is 0. The predicted molar refractivity (Wildman–Crippen MR) is 47.0 cm³/mol. The van der Waals surface area contributed by atoms with Crippen molar-refractivity contribution in [2.24, 2.45) is 0 Å². The zero-order chi connectivity index (χ0) is 9.26. The highest BCUT2D eigenvalue weighted by Crippen LogP contribution is 2.16. The van der Waals surface area contributed by atoms with Gasteiger partial charge in [0.25, 0.3) is 0 Å². The van der Waals surface area contributed by atoms with Crippen LogP contribution >= 0.6 is 0 Å². The maximum atomic E-state index is 10.6. The van der Waals surface area contributed by atoms with Gasteiger partial charge in [-0.05, 0) is 6.07 Å². The Kier molecular flexibility index (Phi) is 1.97. The molecule has 0 saturated carbocycles. The van der Waals surface area contributed by atoms with Crippen molar-refractivity contribution < 1.29 is 10.6 Å². The SMILES string of the molecule is [O-][NH2+]c1cccc2[nH]c(CO)nc12. The molecule has 0 saturated heterocycles. The summed E-state index contributed by atoms with van der Waals surface area (Å²) >= 11 is 0. The molecule has 2 rings (SSSR count). The Morgan fingerprint density at radius 3 is 3.08 bits per heavy atom. The van der Waals surface area contributed by atoms with Crippen LogP contribution in [0.5, 0.6) is 0 Å². The number of hydrogen-bond donors (Lipinski definition) is 3. The monoisotopic (exact) mass is 179 g/mol. The fourth-order valence-corrected chi connectivity index (χ4v) is 1.28. The van der Waals surface area contributed by atoms with E-state index >= 15 is 0 Å². The second kappa shape index (κ2) is 3.14. The summed E-state index contributed by atoms with van der Waals surface area (Å²) in [6, 6.07) is 5.28. The van der Waals surface area contributed by atoms with E-state index in [4.69, 9.17) is 5.11 Å². The highest BCUT2D eigenvalue weighted by molar-refractivity contribution is 5.84. The van der Waals surface area contributed by atoms with Gasteiger partial charge in [-0.1, -0.05) is 6.07 Å². The van der Waals surface area contributed by atoms with E-state index in [0.717, 1.165) is 11.0 Å². The number of quaternary nitrogens is 1. The number of para-hydroxylation sites is 1. The van der Waals surface area contributed by atoms with Crippen molar-refractivity contribution in [2.75, 3.05) is 0 Å². The summed E-state index contributed by atoms with van der Waals surface area (Å²) in [4.78, 5) is 6.97. The van der Waals surface area contributed by atoms with Crippen molar-refractivity contribution >= 4 is 16.7 Å². The van der Waals surface area contributed by atoms with E-state index in [-0.39, 0.29) is 6.61 Å². The molecule has 0 bridgehead atoms. The van der Waals surface area contributed by atoms with Gasteiger partial charge in [-0.2, -0.15) is 0 Å². The molecule has 1 heterocycles. The van der Waals surface area contributed by atoms with Crippen LogP contribution in [0.15, 0.2) is 18.2 Å². The molecule has 68 valence electrons. The lowest BCUT2D eigenvalue weighted by atomic mass is 10.3. The quantitative estimate of drug-likeness (QED) is 0.438. The second-order valence-electron chi connectivity index (χ2n) is 2.70. The largest absolute Gasteiger partial charge is 0.630 e. The van der Waals surface area contributed by atoms with Crippen LogP contribution < -0.4 is 5.48 Å². The third-order valence-electron chi connectivity index (χ3n) is 1.87. The number of aliphatic hydroxyl groups excluding tert-OH is 1. The number of aromatic nitrogens is 2. The van der Waals surface area contributed by atoms with Crippen LogP contribution in [-0.4, -0.2) is 15.1 Å². The van der Waals surface area contributed by atoms with Crippen LogP contribution in [0.4, 0.5) is 5.69 Å². The van der Waals surface area contributed by atoms with Crippen molar-refractivity contribution in [3.05, 3.63) is 29.2 Å². The molecule has 13 heavy (non-hydrogen) atoms. The normalized spacial score (nSPS) is 10.9. The number of nitrogens with one attached hydrogen (secondary N) is 1. The highest BCUT2D eigenvalue weighted by atomic mass is 16.5. The number of aliphatic hydroxyl groups is 1. The second-order valence-corrected chi connectivity index (χ2v) is 2.70. The lowest BCUT2D eigenvalue weighted by Gasteiger charge is -1.99. The average molecular weight is 179 g/mol. The van der Waals surface area contributed by atoms with Gasteiger partial charge in [-0.15, -0.1) is 0 Å². The zero-order valence-electron chi connectivity index (χ0n) is 6.82. The summed E-state index contributed by atoms with van der Waals surface area (Å²) in [5, 5.41) is 19.4. The van der Waals surface area contributed by atoms with Crippen molar-refractivity contribution in [1.82, 2.24) is 9.97 Å². The van der Waals surface area contributed by atoms with Crippen LogP contribution in [-0.2, 0) is 6.61 Å². The zero-order valence-corrected chi connectivity index (χ0v) is 6.82. The molecule has 5 nitrogen and oxygen atoms in total. The predicted octanol–water partition coefficient (Wildman–Crippen LogP) is -0.252. The molecule has 0 fully saturated rings. The smallest absolute Gasteiger partial charge is 0.157 e. The van der Waals surface area contributed by atoms with E-state index in [9.17, 15) is 5.21 Å². The van der Waals surface area contributed by atoms with Crippen LogP contribution in [0.2, 0.25) is 0 Å². The molecular weight excluding hydrogens is 170 g/mol. The van der Waals surface area contributed by atoms with Crippen molar-refractivity contribution in [3.63, 3.8) is 0 Å². The molecule has 0 spiro atoms. The first-order valence-electron chi connectivity index (χ1n) is 3.89. The molecule has 0 amide bonds. The standard InChI is InChI=1S/C8H9N3O2/c12-4-7-9-5-2-1-3-6(11-13)8(5)10-7/h1-3,12H,4,11H2,(H,9,10). The lowest BCUT2D eigenvalue weighted by molar-refractivity contribution is -0.495. The molecule has 0 aliphatic heterocycles. The van der Waals surface area contributed by atoms with Crippen LogP contribution in [0.1, 0.15) is 5.82 Å². The molecule has 0 atom stereocenters. The molecule has 1 aromatic carbocycles. The van der Waals surface area contributed by atoms with Gasteiger partial charge < -0.3 is 20.8 Å². The van der Waals surface area contributed by atoms with Crippen molar-refractivity contribution in [2.45, 2.75) is 6.61 Å². The van der Waals surface area contributed by atoms with Gasteiger partial charge in [-0.25, -0.2) is 4.98 Å². The number of rotatable bonds is 2. The Bertz CT molecular complexity index is 424. The van der Waals surface area contributed by atoms with Gasteiger partial charge in [0.1, 0.15) is 17.9 Å². The Balaban J connectivity index is 2.67. The first-order chi connectivity index (χ1) is 6.35.